The first-order valence-corrected chi connectivity index (χ1v) is 11.9. The van der Waals surface area contributed by atoms with Crippen molar-refractivity contribution < 1.29 is 27.8 Å². The Hall–Kier alpha value is -3.44. The van der Waals surface area contributed by atoms with Gasteiger partial charge in [-0.1, -0.05) is 6.07 Å². The number of hydrogen-bond donors (Lipinski definition) is 2. The zero-order valence-electron chi connectivity index (χ0n) is 20.2. The predicted molar refractivity (Wildman–Crippen MR) is 132 cm³/mol. The molecule has 0 fully saturated rings. The summed E-state index contributed by atoms with van der Waals surface area (Å²) in [6, 6.07) is 12.8. The number of rotatable bonds is 6. The quantitative estimate of drug-likeness (QED) is 0.319. The molecule has 11 heteroatoms. The van der Waals surface area contributed by atoms with Gasteiger partial charge in [0.2, 0.25) is 0 Å². The third kappa shape index (κ3) is 7.28. The lowest BCUT2D eigenvalue weighted by Crippen LogP contribution is -2.23. The highest BCUT2D eigenvalue weighted by Crippen LogP contribution is 2.30. The van der Waals surface area contributed by atoms with Crippen LogP contribution in [0.5, 0.6) is 5.75 Å². The van der Waals surface area contributed by atoms with E-state index in [2.05, 4.69) is 65.6 Å². The maximum absolute atomic E-state index is 10.6. The van der Waals surface area contributed by atoms with Gasteiger partial charge in [-0.25, -0.2) is 9.78 Å². The van der Waals surface area contributed by atoms with E-state index in [9.17, 15) is 13.2 Å². The Bertz CT molecular complexity index is 1300. The standard InChI is InChI=1S/C23H26N4OS.C2HF3O2/c1-16(21-14-24-15-29-21)26-13-17-12-18(28-23(2,3)4)8-9-19(17)20-6-5-7-22-25-10-11-27(20)22;3-2(4,5)1(6)7/h5-12,14-16,26H,13H2,1-4H3;(H,6,7). The molecule has 0 radical (unpaired) electrons. The lowest BCUT2D eigenvalue weighted by Gasteiger charge is -2.23. The number of imidazole rings is 1. The second-order valence-electron chi connectivity index (χ2n) is 8.91. The van der Waals surface area contributed by atoms with E-state index in [1.165, 1.54) is 16.0 Å². The van der Waals surface area contributed by atoms with E-state index in [0.717, 1.165) is 23.6 Å². The normalized spacial score (nSPS) is 12.6. The van der Waals surface area contributed by atoms with Crippen molar-refractivity contribution in [1.82, 2.24) is 19.7 Å². The Morgan fingerprint density at radius 3 is 2.56 bits per heavy atom. The Balaban J connectivity index is 0.000000454. The van der Waals surface area contributed by atoms with Crippen LogP contribution in [0.15, 0.2) is 60.5 Å². The summed E-state index contributed by atoms with van der Waals surface area (Å²) >= 11 is 1.67. The Morgan fingerprint density at radius 2 is 1.94 bits per heavy atom. The average molecular weight is 521 g/mol. The summed E-state index contributed by atoms with van der Waals surface area (Å²) in [5.74, 6) is -1.88. The van der Waals surface area contributed by atoms with Gasteiger partial charge in [-0.05, 0) is 63.6 Å². The molecule has 0 saturated heterocycles. The molecule has 0 saturated carbocycles. The van der Waals surface area contributed by atoms with Crippen LogP contribution in [0.4, 0.5) is 13.2 Å². The number of carbonyl (C=O) groups is 1. The summed E-state index contributed by atoms with van der Waals surface area (Å²) in [6.45, 7) is 9.09. The smallest absolute Gasteiger partial charge is 0.488 e. The van der Waals surface area contributed by atoms with Crippen LogP contribution in [0, 0.1) is 0 Å². The molecule has 0 spiro atoms. The summed E-state index contributed by atoms with van der Waals surface area (Å²) in [4.78, 5) is 18.7. The number of nitrogens with zero attached hydrogens (tertiary/aromatic N) is 3. The maximum atomic E-state index is 10.6. The highest BCUT2D eigenvalue weighted by atomic mass is 32.1. The van der Waals surface area contributed by atoms with Gasteiger partial charge in [-0.3, -0.25) is 9.38 Å². The molecule has 0 aliphatic rings. The number of aliphatic carboxylic acids is 1. The second kappa shape index (κ2) is 11.1. The molecule has 4 rings (SSSR count). The molecular weight excluding hydrogens is 493 g/mol. The number of alkyl halides is 3. The molecule has 1 aromatic carbocycles. The van der Waals surface area contributed by atoms with Crippen LogP contribution in [0.2, 0.25) is 0 Å². The molecule has 0 aliphatic heterocycles. The second-order valence-corrected chi connectivity index (χ2v) is 9.83. The zero-order valence-corrected chi connectivity index (χ0v) is 21.0. The van der Waals surface area contributed by atoms with Gasteiger partial charge in [0.25, 0.3) is 0 Å². The number of benzene rings is 1. The highest BCUT2D eigenvalue weighted by Gasteiger charge is 2.38. The molecule has 1 unspecified atom stereocenters. The zero-order chi connectivity index (χ0) is 26.5. The van der Waals surface area contributed by atoms with Crippen molar-refractivity contribution in [2.45, 2.75) is 52.1 Å². The van der Waals surface area contributed by atoms with Crippen molar-refractivity contribution >= 4 is 23.0 Å². The number of carboxylic acids is 1. The van der Waals surface area contributed by atoms with Gasteiger partial charge in [0.05, 0.1) is 11.2 Å². The molecule has 1 atom stereocenters. The van der Waals surface area contributed by atoms with E-state index in [0.29, 0.717) is 0 Å². The lowest BCUT2D eigenvalue weighted by atomic mass is 10.0. The fraction of sp³-hybridized carbons (Fsp3) is 0.320. The predicted octanol–water partition coefficient (Wildman–Crippen LogP) is 6.12. The molecule has 0 amide bonds. The number of halogens is 3. The van der Waals surface area contributed by atoms with Gasteiger partial charge in [0.15, 0.2) is 0 Å². The van der Waals surface area contributed by atoms with Gasteiger partial charge in [0, 0.05) is 41.6 Å². The molecule has 3 aromatic heterocycles. The molecule has 2 N–H and O–H groups in total. The average Bonchev–Trinajstić information content (AvgIpc) is 3.48. The van der Waals surface area contributed by atoms with Gasteiger partial charge >= 0.3 is 12.1 Å². The number of aromatic nitrogens is 3. The highest BCUT2D eigenvalue weighted by molar-refractivity contribution is 7.09. The lowest BCUT2D eigenvalue weighted by molar-refractivity contribution is -0.192. The van der Waals surface area contributed by atoms with Crippen molar-refractivity contribution in [2.75, 3.05) is 0 Å². The summed E-state index contributed by atoms with van der Waals surface area (Å²) in [7, 11) is 0. The Kier molecular flexibility index (Phi) is 8.36. The van der Waals surface area contributed by atoms with Crippen LogP contribution in [0.25, 0.3) is 16.9 Å². The van der Waals surface area contributed by atoms with Crippen LogP contribution in [-0.2, 0) is 11.3 Å². The first-order chi connectivity index (χ1) is 16.8. The SMILES string of the molecule is CC(NCc1cc(OC(C)(C)C)ccc1-c1cccc2nccn12)c1cncs1.O=C(O)C(F)(F)F. The van der Waals surface area contributed by atoms with E-state index >= 15 is 0 Å². The van der Waals surface area contributed by atoms with Crippen molar-refractivity contribution in [3.63, 3.8) is 0 Å². The van der Waals surface area contributed by atoms with E-state index in [4.69, 9.17) is 14.6 Å². The topological polar surface area (TPSA) is 88.8 Å². The third-order valence-electron chi connectivity index (χ3n) is 4.92. The fourth-order valence-corrected chi connectivity index (χ4v) is 4.01. The molecule has 36 heavy (non-hydrogen) atoms. The number of fused-ring (bicyclic) bond motifs is 1. The maximum Gasteiger partial charge on any atom is 0.490 e. The molecule has 192 valence electrons. The number of pyridine rings is 1. The minimum absolute atomic E-state index is 0.228. The van der Waals surface area contributed by atoms with Gasteiger partial charge in [0.1, 0.15) is 17.0 Å². The molecular formula is C25H27F3N4O3S. The van der Waals surface area contributed by atoms with E-state index in [1.807, 2.05) is 42.3 Å². The van der Waals surface area contributed by atoms with Crippen molar-refractivity contribution in [3.05, 3.63) is 70.9 Å². The van der Waals surface area contributed by atoms with Crippen LogP contribution in [0.1, 0.15) is 44.2 Å². The van der Waals surface area contributed by atoms with Crippen LogP contribution < -0.4 is 10.1 Å². The molecule has 7 nitrogen and oxygen atoms in total. The fourth-order valence-electron chi connectivity index (χ4n) is 3.35. The van der Waals surface area contributed by atoms with E-state index < -0.39 is 12.1 Å². The van der Waals surface area contributed by atoms with Crippen LogP contribution in [-0.4, -0.2) is 37.2 Å². The minimum atomic E-state index is -5.08. The molecule has 3 heterocycles. The van der Waals surface area contributed by atoms with E-state index in [1.54, 1.807) is 11.3 Å². The Morgan fingerprint density at radius 1 is 1.22 bits per heavy atom. The molecule has 4 aromatic rings. The number of hydrogen-bond acceptors (Lipinski definition) is 6. The summed E-state index contributed by atoms with van der Waals surface area (Å²) in [5.41, 5.74) is 6.03. The number of ether oxygens (including phenoxy) is 1. The first kappa shape index (κ1) is 27.2. The van der Waals surface area contributed by atoms with Crippen molar-refractivity contribution in [2.24, 2.45) is 0 Å². The summed E-state index contributed by atoms with van der Waals surface area (Å²) < 4.78 is 40.0. The number of thiazole rings is 1. The van der Waals surface area contributed by atoms with E-state index in [-0.39, 0.29) is 11.6 Å². The van der Waals surface area contributed by atoms with Gasteiger partial charge in [-0.2, -0.15) is 13.2 Å². The number of carboxylic acid groups (broad SMARTS) is 1. The monoisotopic (exact) mass is 520 g/mol. The third-order valence-corrected chi connectivity index (χ3v) is 5.88. The van der Waals surface area contributed by atoms with Crippen LogP contribution >= 0.6 is 11.3 Å². The minimum Gasteiger partial charge on any atom is -0.488 e. The Labute approximate surface area is 210 Å². The van der Waals surface area contributed by atoms with Crippen molar-refractivity contribution in [3.8, 4) is 17.0 Å². The van der Waals surface area contributed by atoms with Crippen molar-refractivity contribution in [1.29, 1.82) is 0 Å². The number of nitrogens with one attached hydrogen (secondary N) is 1. The van der Waals surface area contributed by atoms with Crippen LogP contribution in [0.3, 0.4) is 0 Å². The van der Waals surface area contributed by atoms with Gasteiger partial charge < -0.3 is 15.2 Å². The molecule has 0 bridgehead atoms. The summed E-state index contributed by atoms with van der Waals surface area (Å²) in [5, 5.41) is 10.8. The summed E-state index contributed by atoms with van der Waals surface area (Å²) in [6.07, 6.45) is 0.676. The first-order valence-electron chi connectivity index (χ1n) is 11.0. The largest absolute Gasteiger partial charge is 0.490 e. The molecule has 0 aliphatic carbocycles. The van der Waals surface area contributed by atoms with Gasteiger partial charge in [-0.15, -0.1) is 11.3 Å².